The molecule has 4 atom stereocenters. The van der Waals surface area contributed by atoms with E-state index in [1.54, 1.807) is 23.8 Å². The van der Waals surface area contributed by atoms with Gasteiger partial charge in [-0.15, -0.1) is 0 Å². The summed E-state index contributed by atoms with van der Waals surface area (Å²) < 4.78 is 16.9. The molecule has 1 aromatic heterocycles. The van der Waals surface area contributed by atoms with Crippen molar-refractivity contribution in [1.29, 1.82) is 0 Å². The van der Waals surface area contributed by atoms with E-state index in [4.69, 9.17) is 24.9 Å². The van der Waals surface area contributed by atoms with Crippen LogP contribution in [-0.2, 0) is 19.1 Å². The first-order valence-corrected chi connectivity index (χ1v) is 19.3. The number of nitrogens with zero attached hydrogens (tertiary/aromatic N) is 2. The first kappa shape index (κ1) is 38.2. The molecule has 1 saturated heterocycles. The number of likely N-dealkylation sites (tertiary alicyclic amines) is 1. The number of rotatable bonds is 18. The summed E-state index contributed by atoms with van der Waals surface area (Å²) in [4.78, 5) is 44.0. The van der Waals surface area contributed by atoms with E-state index in [1.165, 1.54) is 32.8 Å². The normalized spacial score (nSPS) is 22.5. The van der Waals surface area contributed by atoms with Crippen molar-refractivity contribution >= 4 is 46.0 Å². The second-order valence-corrected chi connectivity index (χ2v) is 14.8. The number of carbonyl (C=O) groups is 3. The highest BCUT2D eigenvalue weighted by atomic mass is 32.2. The number of aromatic nitrogens is 1. The maximum atomic E-state index is 13.3. The third kappa shape index (κ3) is 10.5. The number of nitrogens with two attached hydrogens (primary N) is 1. The summed E-state index contributed by atoms with van der Waals surface area (Å²) in [6.45, 7) is 4.39. The summed E-state index contributed by atoms with van der Waals surface area (Å²) >= 11 is 1.66. The fraction of sp³-hybridized carbons (Fsp3) is 0.550. The molecule has 2 heterocycles. The van der Waals surface area contributed by atoms with E-state index in [9.17, 15) is 14.4 Å². The molecule has 0 spiro atoms. The molecule has 1 aliphatic heterocycles. The monoisotopic (exact) mass is 718 g/mol. The van der Waals surface area contributed by atoms with Gasteiger partial charge in [-0.2, -0.15) is 0 Å². The molecule has 2 saturated carbocycles. The highest BCUT2D eigenvalue weighted by Crippen LogP contribution is 2.40. The van der Waals surface area contributed by atoms with Gasteiger partial charge in [-0.05, 0) is 81.4 Å². The molecule has 3 N–H and O–H groups in total. The van der Waals surface area contributed by atoms with Gasteiger partial charge in [0.05, 0.1) is 42.9 Å². The highest BCUT2D eigenvalue weighted by Gasteiger charge is 2.42. The molecule has 1 aromatic carbocycles. The molecule has 2 aliphatic carbocycles. The Balaban J connectivity index is 1.18. The minimum Gasteiger partial charge on any atom is -0.497 e. The number of amides is 2. The van der Waals surface area contributed by atoms with Crippen LogP contribution < -0.4 is 20.5 Å². The molecule has 3 fully saturated rings. The van der Waals surface area contributed by atoms with Crippen LogP contribution in [0.5, 0.6) is 11.5 Å². The molecule has 0 unspecified atom stereocenters. The lowest BCUT2D eigenvalue weighted by atomic mass is 10.1. The quantitative estimate of drug-likeness (QED) is 0.0928. The summed E-state index contributed by atoms with van der Waals surface area (Å²) in [5.41, 5.74) is 8.31. The third-order valence-electron chi connectivity index (χ3n) is 10.2. The molecule has 3 aliphatic rings. The SMILES string of the molecule is CC=C(NC1CCCC1)S/C=C(\C)c1cc(O[C@@H]2C[C@@H](C(N)=O)N(C(=O)CCCCCC/C=C\[C@@H]3C[C@@H]3C(=O)OC)C2)c2ccc(OC)cc2n1. The molecule has 10 nitrogen and oxygen atoms in total. The number of methoxy groups -OCH3 is 2. The third-order valence-corrected chi connectivity index (χ3v) is 11.2. The number of allylic oxidation sites excluding steroid dienone is 4. The smallest absolute Gasteiger partial charge is 0.309 e. The van der Waals surface area contributed by atoms with Crippen molar-refractivity contribution in [1.82, 2.24) is 15.2 Å². The fourth-order valence-corrected chi connectivity index (χ4v) is 7.83. The van der Waals surface area contributed by atoms with Crippen molar-refractivity contribution in [2.45, 2.75) is 109 Å². The number of pyridine rings is 1. The minimum atomic E-state index is -0.707. The lowest BCUT2D eigenvalue weighted by molar-refractivity contribution is -0.142. The molecule has 51 heavy (non-hydrogen) atoms. The van der Waals surface area contributed by atoms with E-state index in [0.29, 0.717) is 42.8 Å². The van der Waals surface area contributed by atoms with Crippen LogP contribution in [0.15, 0.2) is 52.9 Å². The van der Waals surface area contributed by atoms with E-state index in [-0.39, 0.29) is 17.8 Å². The maximum Gasteiger partial charge on any atom is 0.309 e. The van der Waals surface area contributed by atoms with Gasteiger partial charge < -0.3 is 30.2 Å². The lowest BCUT2D eigenvalue weighted by Gasteiger charge is -2.22. The van der Waals surface area contributed by atoms with Crippen molar-refractivity contribution in [3.05, 3.63) is 58.6 Å². The number of nitrogens with one attached hydrogen (secondary N) is 1. The number of thioether (sulfide) groups is 1. The van der Waals surface area contributed by atoms with E-state index in [2.05, 4.69) is 35.9 Å². The Morgan fingerprint density at radius 3 is 2.59 bits per heavy atom. The van der Waals surface area contributed by atoms with Crippen molar-refractivity contribution in [3.8, 4) is 11.5 Å². The van der Waals surface area contributed by atoms with Crippen LogP contribution in [0.2, 0.25) is 0 Å². The zero-order chi connectivity index (χ0) is 36.3. The van der Waals surface area contributed by atoms with Gasteiger partial charge in [0.1, 0.15) is 23.6 Å². The summed E-state index contributed by atoms with van der Waals surface area (Å²) in [7, 11) is 3.06. The average molecular weight is 719 g/mol. The molecule has 5 rings (SSSR count). The Bertz CT molecular complexity index is 1630. The second-order valence-electron chi connectivity index (χ2n) is 13.9. The number of primary amides is 1. The average Bonchev–Trinajstić information content (AvgIpc) is 3.48. The van der Waals surface area contributed by atoms with Crippen LogP contribution in [0.3, 0.4) is 0 Å². The fourth-order valence-electron chi connectivity index (χ4n) is 7.04. The van der Waals surface area contributed by atoms with E-state index in [1.807, 2.05) is 31.2 Å². The van der Waals surface area contributed by atoms with Crippen LogP contribution >= 0.6 is 11.8 Å². The summed E-state index contributed by atoms with van der Waals surface area (Å²) in [6, 6.07) is 7.47. The van der Waals surface area contributed by atoms with Gasteiger partial charge in [-0.3, -0.25) is 14.4 Å². The Morgan fingerprint density at radius 2 is 1.86 bits per heavy atom. The molecule has 0 radical (unpaired) electrons. The Morgan fingerprint density at radius 1 is 1.08 bits per heavy atom. The Kier molecular flexibility index (Phi) is 13.9. The summed E-state index contributed by atoms with van der Waals surface area (Å²) in [5, 5.41) is 7.74. The van der Waals surface area contributed by atoms with Crippen LogP contribution in [-0.4, -0.2) is 66.6 Å². The van der Waals surface area contributed by atoms with Crippen LogP contribution in [0, 0.1) is 11.8 Å². The highest BCUT2D eigenvalue weighted by molar-refractivity contribution is 8.05. The molecule has 0 bridgehead atoms. The number of fused-ring (bicyclic) bond motifs is 1. The van der Waals surface area contributed by atoms with Gasteiger partial charge >= 0.3 is 5.97 Å². The number of esters is 1. The van der Waals surface area contributed by atoms with Gasteiger partial charge in [0.15, 0.2) is 0 Å². The molecular weight excluding hydrogens is 665 g/mol. The second kappa shape index (κ2) is 18.5. The topological polar surface area (TPSA) is 133 Å². The van der Waals surface area contributed by atoms with Gasteiger partial charge in [0.25, 0.3) is 0 Å². The van der Waals surface area contributed by atoms with E-state index in [0.717, 1.165) is 65.7 Å². The minimum absolute atomic E-state index is 0.0265. The van der Waals surface area contributed by atoms with Crippen LogP contribution in [0.1, 0.15) is 96.6 Å². The molecule has 2 amide bonds. The molecule has 2 aromatic rings. The van der Waals surface area contributed by atoms with Crippen LogP contribution in [0.25, 0.3) is 16.5 Å². The predicted molar refractivity (Wildman–Crippen MR) is 203 cm³/mol. The van der Waals surface area contributed by atoms with Gasteiger partial charge in [0, 0.05) is 36.4 Å². The summed E-state index contributed by atoms with van der Waals surface area (Å²) in [5.74, 6) is 0.972. The van der Waals surface area contributed by atoms with Gasteiger partial charge in [-0.1, -0.05) is 55.7 Å². The van der Waals surface area contributed by atoms with Crippen molar-refractivity contribution < 1.29 is 28.6 Å². The Hall–Kier alpha value is -3.99. The Labute approximate surface area is 306 Å². The molecule has 276 valence electrons. The van der Waals surface area contributed by atoms with Gasteiger partial charge in [0.2, 0.25) is 11.8 Å². The number of hydrogen-bond donors (Lipinski definition) is 2. The van der Waals surface area contributed by atoms with Crippen molar-refractivity contribution in [3.63, 3.8) is 0 Å². The standard InChI is InChI=1S/C40H54N4O6S/c1-5-37(42-28-15-12-13-16-28)51-25-26(2)33-23-36(31-19-18-29(48-3)21-34(31)43-33)50-30-22-35(39(41)46)44(24-30)38(45)17-11-9-7-6-8-10-14-27-20-32(27)40(47)49-4/h5,10,14,18-19,21,23,25,27-28,30,32,35,42H,6-9,11-13,15-17,20,22,24H2,1-4H3,(H2,41,46)/b14-10-,26-25+,37-5?/t27-,30-,32+,35+/m1/s1. The molecule has 11 heteroatoms. The van der Waals surface area contributed by atoms with Crippen molar-refractivity contribution in [2.24, 2.45) is 17.6 Å². The van der Waals surface area contributed by atoms with Gasteiger partial charge in [-0.25, -0.2) is 4.98 Å². The number of ether oxygens (including phenoxy) is 3. The summed E-state index contributed by atoms with van der Waals surface area (Å²) in [6.07, 6.45) is 17.2. The first-order valence-electron chi connectivity index (χ1n) is 18.5. The zero-order valence-electron chi connectivity index (χ0n) is 30.5. The zero-order valence-corrected chi connectivity index (χ0v) is 31.3. The largest absolute Gasteiger partial charge is 0.497 e. The van der Waals surface area contributed by atoms with E-state index >= 15 is 0 Å². The first-order chi connectivity index (χ1) is 24.7. The maximum absolute atomic E-state index is 13.3. The number of unbranched alkanes of at least 4 members (excludes halogenated alkanes) is 4. The number of hydrogen-bond acceptors (Lipinski definition) is 9. The number of carbonyl (C=O) groups excluding carboxylic acids is 3. The molecular formula is C40H54N4O6S. The number of benzene rings is 1. The van der Waals surface area contributed by atoms with Crippen LogP contribution in [0.4, 0.5) is 0 Å². The predicted octanol–water partition coefficient (Wildman–Crippen LogP) is 7.27. The van der Waals surface area contributed by atoms with E-state index < -0.39 is 18.1 Å². The van der Waals surface area contributed by atoms with Crippen molar-refractivity contribution in [2.75, 3.05) is 20.8 Å². The lowest BCUT2D eigenvalue weighted by Crippen LogP contribution is -2.43.